The number of aryl methyl sites for hydroxylation is 1. The predicted octanol–water partition coefficient (Wildman–Crippen LogP) is 5.58. The van der Waals surface area contributed by atoms with Gasteiger partial charge in [-0.1, -0.05) is 68.3 Å². The number of anilines is 1. The molecule has 0 unspecified atom stereocenters. The smallest absolute Gasteiger partial charge is 0.264 e. The molecule has 41 heavy (non-hydrogen) atoms. The Hall–Kier alpha value is -3.56. The van der Waals surface area contributed by atoms with E-state index in [4.69, 9.17) is 16.3 Å². The molecule has 0 aliphatic carbocycles. The summed E-state index contributed by atoms with van der Waals surface area (Å²) in [5.41, 5.74) is 1.78. The summed E-state index contributed by atoms with van der Waals surface area (Å²) in [5.74, 6) is -0.508. The fourth-order valence-electron chi connectivity index (χ4n) is 4.44. The molecule has 10 heteroatoms. The number of hydrogen-bond acceptors (Lipinski definition) is 5. The van der Waals surface area contributed by atoms with Crippen LogP contribution in [0.1, 0.15) is 44.2 Å². The topological polar surface area (TPSA) is 96.0 Å². The van der Waals surface area contributed by atoms with E-state index in [0.29, 0.717) is 23.7 Å². The van der Waals surface area contributed by atoms with Crippen LogP contribution in [0.25, 0.3) is 0 Å². The van der Waals surface area contributed by atoms with Crippen molar-refractivity contribution in [3.05, 3.63) is 88.9 Å². The van der Waals surface area contributed by atoms with Gasteiger partial charge in [0.15, 0.2) is 0 Å². The Balaban J connectivity index is 2.08. The Morgan fingerprint density at radius 2 is 1.68 bits per heavy atom. The molecule has 220 valence electrons. The minimum absolute atomic E-state index is 0.0324. The van der Waals surface area contributed by atoms with E-state index < -0.39 is 28.5 Å². The molecule has 0 spiro atoms. The lowest BCUT2D eigenvalue weighted by atomic mass is 10.1. The zero-order valence-electron chi connectivity index (χ0n) is 24.0. The minimum atomic E-state index is -4.19. The summed E-state index contributed by atoms with van der Waals surface area (Å²) in [6.07, 6.45) is 2.06. The van der Waals surface area contributed by atoms with Gasteiger partial charge in [-0.15, -0.1) is 0 Å². The Bertz CT molecular complexity index is 1420. The predicted molar refractivity (Wildman–Crippen MR) is 163 cm³/mol. The van der Waals surface area contributed by atoms with Crippen molar-refractivity contribution in [2.45, 2.75) is 57.5 Å². The van der Waals surface area contributed by atoms with Crippen LogP contribution in [0.2, 0.25) is 5.02 Å². The molecule has 3 aromatic rings. The number of benzene rings is 3. The summed E-state index contributed by atoms with van der Waals surface area (Å²) in [7, 11) is -2.74. The number of carbonyl (C=O) groups excluding carboxylic acids is 2. The molecule has 0 aliphatic heterocycles. The van der Waals surface area contributed by atoms with Crippen LogP contribution in [0.3, 0.4) is 0 Å². The van der Waals surface area contributed by atoms with Crippen molar-refractivity contribution in [1.82, 2.24) is 10.2 Å². The number of nitrogens with one attached hydrogen (secondary N) is 1. The first-order valence-electron chi connectivity index (χ1n) is 13.7. The third kappa shape index (κ3) is 8.24. The van der Waals surface area contributed by atoms with Gasteiger partial charge in [0, 0.05) is 18.1 Å². The molecule has 0 saturated carbocycles. The van der Waals surface area contributed by atoms with Crippen LogP contribution in [-0.4, -0.2) is 51.4 Å². The van der Waals surface area contributed by atoms with Gasteiger partial charge in [0.25, 0.3) is 10.0 Å². The number of carbonyl (C=O) groups is 2. The summed E-state index contributed by atoms with van der Waals surface area (Å²) in [5, 5.41) is 3.47. The fourth-order valence-corrected chi connectivity index (χ4v) is 6.00. The third-order valence-electron chi connectivity index (χ3n) is 6.69. The Morgan fingerprint density at radius 3 is 2.29 bits per heavy atom. The molecule has 0 aliphatic rings. The van der Waals surface area contributed by atoms with Crippen LogP contribution in [0.15, 0.2) is 77.7 Å². The lowest BCUT2D eigenvalue weighted by molar-refractivity contribution is -0.140. The number of sulfonamides is 1. The molecule has 0 saturated heterocycles. The Morgan fingerprint density at radius 1 is 1.00 bits per heavy atom. The van der Waals surface area contributed by atoms with E-state index >= 15 is 0 Å². The second-order valence-electron chi connectivity index (χ2n) is 9.72. The fraction of sp³-hybridized carbons (Fsp3) is 0.355. The zero-order valence-corrected chi connectivity index (χ0v) is 25.5. The number of nitrogens with zero attached hydrogens (tertiary/aromatic N) is 2. The molecule has 0 bridgehead atoms. The van der Waals surface area contributed by atoms with Gasteiger partial charge in [0.2, 0.25) is 11.8 Å². The highest BCUT2D eigenvalue weighted by atomic mass is 35.5. The molecular weight excluding hydrogens is 562 g/mol. The Labute approximate surface area is 248 Å². The highest BCUT2D eigenvalue weighted by Crippen LogP contribution is 2.33. The monoisotopic (exact) mass is 599 g/mol. The van der Waals surface area contributed by atoms with Crippen LogP contribution in [0, 0.1) is 6.92 Å². The number of ether oxygens (including phenoxy) is 1. The first-order chi connectivity index (χ1) is 19.6. The van der Waals surface area contributed by atoms with E-state index in [2.05, 4.69) is 5.32 Å². The van der Waals surface area contributed by atoms with Crippen molar-refractivity contribution < 1.29 is 22.7 Å². The summed E-state index contributed by atoms with van der Waals surface area (Å²) in [6, 6.07) is 19.3. The lowest BCUT2D eigenvalue weighted by Gasteiger charge is -2.33. The molecule has 3 aromatic carbocycles. The molecular formula is C31H38ClN3O5S. The van der Waals surface area contributed by atoms with E-state index in [9.17, 15) is 18.0 Å². The van der Waals surface area contributed by atoms with Gasteiger partial charge < -0.3 is 15.0 Å². The molecule has 1 atom stereocenters. The maximum atomic E-state index is 14.2. The standard InChI is InChI=1S/C31H38ClN3O5S/c1-5-7-19-33-31(37)27(6-2)34(21-24-14-16-25(32)17-15-24)30(36)22-35(28-20-23(3)13-18-29(28)40-4)41(38,39)26-11-9-8-10-12-26/h8-18,20,27H,5-7,19,21-22H2,1-4H3,(H,33,37)/t27-/m1/s1. The summed E-state index contributed by atoms with van der Waals surface area (Å²) in [4.78, 5) is 28.9. The Kier molecular flexibility index (Phi) is 11.6. The number of methoxy groups -OCH3 is 1. The molecule has 3 rings (SSSR count). The molecule has 2 amide bonds. The van der Waals surface area contributed by atoms with Gasteiger partial charge in [-0.3, -0.25) is 13.9 Å². The van der Waals surface area contributed by atoms with E-state index in [-0.39, 0.29) is 23.0 Å². The largest absolute Gasteiger partial charge is 0.495 e. The van der Waals surface area contributed by atoms with E-state index in [0.717, 1.165) is 28.3 Å². The van der Waals surface area contributed by atoms with Gasteiger partial charge in [0.1, 0.15) is 18.3 Å². The van der Waals surface area contributed by atoms with Crippen LogP contribution >= 0.6 is 11.6 Å². The second-order valence-corrected chi connectivity index (χ2v) is 12.0. The van der Waals surface area contributed by atoms with E-state index in [1.165, 1.54) is 24.1 Å². The van der Waals surface area contributed by atoms with E-state index in [1.807, 2.05) is 20.8 Å². The number of hydrogen-bond donors (Lipinski definition) is 1. The summed E-state index contributed by atoms with van der Waals surface area (Å²) >= 11 is 6.08. The third-order valence-corrected chi connectivity index (χ3v) is 8.72. The molecule has 1 N–H and O–H groups in total. The molecule has 0 heterocycles. The molecule has 0 radical (unpaired) electrons. The maximum absolute atomic E-state index is 14.2. The van der Waals surface area contributed by atoms with Crippen molar-refractivity contribution in [3.8, 4) is 5.75 Å². The maximum Gasteiger partial charge on any atom is 0.264 e. The molecule has 0 fully saturated rings. The normalized spacial score (nSPS) is 11.9. The van der Waals surface area contributed by atoms with Gasteiger partial charge in [-0.05, 0) is 67.3 Å². The van der Waals surface area contributed by atoms with Crippen molar-refractivity contribution in [2.24, 2.45) is 0 Å². The number of amides is 2. The molecule has 0 aromatic heterocycles. The van der Waals surface area contributed by atoms with Crippen LogP contribution in [0.5, 0.6) is 5.75 Å². The first kappa shape index (κ1) is 32.0. The van der Waals surface area contributed by atoms with Gasteiger partial charge in [-0.2, -0.15) is 0 Å². The lowest BCUT2D eigenvalue weighted by Crippen LogP contribution is -2.52. The molecule has 8 nitrogen and oxygen atoms in total. The highest BCUT2D eigenvalue weighted by molar-refractivity contribution is 7.92. The number of unbranched alkanes of at least 4 members (excludes halogenated alkanes) is 1. The first-order valence-corrected chi connectivity index (χ1v) is 15.5. The zero-order chi connectivity index (χ0) is 30.0. The van der Waals surface area contributed by atoms with Gasteiger partial charge in [-0.25, -0.2) is 8.42 Å². The van der Waals surface area contributed by atoms with Gasteiger partial charge >= 0.3 is 0 Å². The van der Waals surface area contributed by atoms with Crippen molar-refractivity contribution >= 4 is 39.1 Å². The summed E-state index contributed by atoms with van der Waals surface area (Å²) in [6.45, 7) is 5.74. The van der Waals surface area contributed by atoms with Gasteiger partial charge in [0.05, 0.1) is 17.7 Å². The van der Waals surface area contributed by atoms with Crippen molar-refractivity contribution in [2.75, 3.05) is 24.5 Å². The highest BCUT2D eigenvalue weighted by Gasteiger charge is 2.34. The van der Waals surface area contributed by atoms with Crippen molar-refractivity contribution in [3.63, 3.8) is 0 Å². The SMILES string of the molecule is CCCCNC(=O)[C@@H](CC)N(Cc1ccc(Cl)cc1)C(=O)CN(c1cc(C)ccc1OC)S(=O)(=O)c1ccccc1. The van der Waals surface area contributed by atoms with Crippen LogP contribution in [-0.2, 0) is 26.2 Å². The second kappa shape index (κ2) is 14.9. The average molecular weight is 600 g/mol. The summed E-state index contributed by atoms with van der Waals surface area (Å²) < 4.78 is 34.6. The van der Waals surface area contributed by atoms with Crippen molar-refractivity contribution in [1.29, 1.82) is 0 Å². The van der Waals surface area contributed by atoms with Crippen LogP contribution < -0.4 is 14.4 Å². The quantitative estimate of drug-likeness (QED) is 0.244. The average Bonchev–Trinajstić information content (AvgIpc) is 2.97. The van der Waals surface area contributed by atoms with Crippen LogP contribution in [0.4, 0.5) is 5.69 Å². The minimum Gasteiger partial charge on any atom is -0.495 e. The number of rotatable bonds is 14. The number of halogens is 1. The van der Waals surface area contributed by atoms with E-state index in [1.54, 1.807) is 60.7 Å².